The number of carbonyl (C=O) groups is 3. The van der Waals surface area contributed by atoms with Crippen molar-refractivity contribution in [1.29, 1.82) is 0 Å². The lowest BCUT2D eigenvalue weighted by Gasteiger charge is -2.28. The molecule has 0 fully saturated rings. The summed E-state index contributed by atoms with van der Waals surface area (Å²) in [6.45, 7) is -0.315. The molecule has 202 valence electrons. The Morgan fingerprint density at radius 1 is 1.11 bits per heavy atom. The molecule has 0 aliphatic carbocycles. The maximum Gasteiger partial charge on any atom is 0.417 e. The first-order chi connectivity index (χ1) is 17.4. The fourth-order valence-electron chi connectivity index (χ4n) is 3.28. The molecule has 1 N–H and O–H groups in total. The zero-order valence-electron chi connectivity index (χ0n) is 20.1. The number of anilines is 1. The number of hydrogen-bond acceptors (Lipinski definition) is 6. The van der Waals surface area contributed by atoms with E-state index in [1.807, 2.05) is 0 Å². The number of halogens is 5. The van der Waals surface area contributed by atoms with Crippen molar-refractivity contribution in [2.75, 3.05) is 26.1 Å². The first-order valence-electron chi connectivity index (χ1n) is 11.1. The van der Waals surface area contributed by atoms with E-state index < -0.39 is 47.4 Å². The van der Waals surface area contributed by atoms with E-state index in [1.165, 1.54) is 31.2 Å². The summed E-state index contributed by atoms with van der Waals surface area (Å²) in [7, 11) is 2.66. The fraction of sp³-hybridized carbons (Fsp3) is 0.417. The molecule has 2 amide bonds. The van der Waals surface area contributed by atoms with Gasteiger partial charge in [0.1, 0.15) is 12.4 Å². The van der Waals surface area contributed by atoms with Gasteiger partial charge in [-0.15, -0.1) is 0 Å². The standard InChI is InChI=1S/C24H26F5N3O5/c1-32(20(33)12-9-15-5-3-7-18(25)22(15)26)17(6-4-8-21(34)36-2)14-37-23(35)31-19-11-10-16(13-30-19)24(27,28)29/h3,5,7,10-11,13,17H,4,6,8-9,12,14H2,1-2H3,(H,30,31,35)/t17-/m0/s1. The van der Waals surface area contributed by atoms with Crippen molar-refractivity contribution in [2.24, 2.45) is 0 Å². The molecule has 0 unspecified atom stereocenters. The van der Waals surface area contributed by atoms with Crippen LogP contribution in [0.25, 0.3) is 0 Å². The quantitative estimate of drug-likeness (QED) is 0.333. The average molecular weight is 531 g/mol. The summed E-state index contributed by atoms with van der Waals surface area (Å²) in [6.07, 6.45) is -4.70. The molecule has 1 aromatic carbocycles. The van der Waals surface area contributed by atoms with Crippen LogP contribution in [-0.4, -0.2) is 54.7 Å². The van der Waals surface area contributed by atoms with Crippen LogP contribution in [0, 0.1) is 11.6 Å². The molecule has 0 saturated heterocycles. The maximum absolute atomic E-state index is 13.9. The average Bonchev–Trinajstić information content (AvgIpc) is 2.85. The number of ether oxygens (including phenoxy) is 2. The second kappa shape index (κ2) is 13.5. The van der Waals surface area contributed by atoms with Crippen LogP contribution < -0.4 is 5.32 Å². The molecule has 0 aliphatic rings. The minimum absolute atomic E-state index is 0.0312. The van der Waals surface area contributed by atoms with Crippen molar-refractivity contribution < 1.29 is 45.8 Å². The van der Waals surface area contributed by atoms with E-state index >= 15 is 0 Å². The Morgan fingerprint density at radius 3 is 2.46 bits per heavy atom. The highest BCUT2D eigenvalue weighted by atomic mass is 19.4. The third-order valence-electron chi connectivity index (χ3n) is 5.45. The van der Waals surface area contributed by atoms with Crippen LogP contribution in [0.3, 0.4) is 0 Å². The molecule has 0 bridgehead atoms. The minimum Gasteiger partial charge on any atom is -0.469 e. The number of rotatable bonds is 11. The Balaban J connectivity index is 1.98. The van der Waals surface area contributed by atoms with Gasteiger partial charge in [-0.3, -0.25) is 14.9 Å². The number of amides is 2. The second-order valence-corrected chi connectivity index (χ2v) is 7.99. The van der Waals surface area contributed by atoms with Crippen molar-refractivity contribution in [3.8, 4) is 0 Å². The van der Waals surface area contributed by atoms with Crippen LogP contribution in [0.15, 0.2) is 36.5 Å². The highest BCUT2D eigenvalue weighted by molar-refractivity contribution is 5.83. The molecular weight excluding hydrogens is 505 g/mol. The van der Waals surface area contributed by atoms with Crippen LogP contribution in [0.1, 0.15) is 36.8 Å². The maximum atomic E-state index is 13.9. The molecule has 1 aromatic heterocycles. The first-order valence-corrected chi connectivity index (χ1v) is 11.1. The van der Waals surface area contributed by atoms with Crippen LogP contribution in [0.4, 0.5) is 32.6 Å². The van der Waals surface area contributed by atoms with E-state index in [9.17, 15) is 36.3 Å². The molecule has 0 spiro atoms. The van der Waals surface area contributed by atoms with E-state index in [4.69, 9.17) is 4.74 Å². The summed E-state index contributed by atoms with van der Waals surface area (Å²) in [5.74, 6) is -3.16. The number of methoxy groups -OCH3 is 1. The van der Waals surface area contributed by atoms with Crippen molar-refractivity contribution in [1.82, 2.24) is 9.88 Å². The Labute approximate surface area is 209 Å². The lowest BCUT2D eigenvalue weighted by molar-refractivity contribution is -0.141. The number of aromatic nitrogens is 1. The van der Waals surface area contributed by atoms with Gasteiger partial charge in [0.05, 0.1) is 18.7 Å². The fourth-order valence-corrected chi connectivity index (χ4v) is 3.28. The Hall–Kier alpha value is -3.77. The number of esters is 1. The molecular formula is C24H26F5N3O5. The number of hydrogen-bond donors (Lipinski definition) is 1. The summed E-state index contributed by atoms with van der Waals surface area (Å²) in [5, 5.41) is 2.19. The Kier molecular flexibility index (Phi) is 10.8. The Bertz CT molecular complexity index is 1080. The summed E-state index contributed by atoms with van der Waals surface area (Å²) >= 11 is 0. The van der Waals surface area contributed by atoms with E-state index in [1.54, 1.807) is 0 Å². The molecule has 8 nitrogen and oxygen atoms in total. The molecule has 2 aromatic rings. The number of carbonyl (C=O) groups excluding carboxylic acids is 3. The smallest absolute Gasteiger partial charge is 0.417 e. The van der Waals surface area contributed by atoms with E-state index in [2.05, 4.69) is 15.0 Å². The third-order valence-corrected chi connectivity index (χ3v) is 5.45. The van der Waals surface area contributed by atoms with Crippen molar-refractivity contribution >= 4 is 23.8 Å². The van der Waals surface area contributed by atoms with Gasteiger partial charge in [0.2, 0.25) is 5.91 Å². The van der Waals surface area contributed by atoms with Gasteiger partial charge < -0.3 is 14.4 Å². The number of nitrogens with zero attached hydrogens (tertiary/aromatic N) is 2. The van der Waals surface area contributed by atoms with Crippen molar-refractivity contribution in [3.63, 3.8) is 0 Å². The largest absolute Gasteiger partial charge is 0.469 e. The van der Waals surface area contributed by atoms with Gasteiger partial charge in [-0.1, -0.05) is 12.1 Å². The number of nitrogens with one attached hydrogen (secondary N) is 1. The van der Waals surface area contributed by atoms with Gasteiger partial charge in [0.15, 0.2) is 11.6 Å². The molecule has 0 radical (unpaired) electrons. The molecule has 0 saturated carbocycles. The summed E-state index contributed by atoms with van der Waals surface area (Å²) < 4.78 is 75.0. The zero-order valence-corrected chi connectivity index (χ0v) is 20.1. The van der Waals surface area contributed by atoms with Crippen LogP contribution in [0.5, 0.6) is 0 Å². The van der Waals surface area contributed by atoms with Gasteiger partial charge in [0.25, 0.3) is 0 Å². The number of benzene rings is 1. The predicted molar refractivity (Wildman–Crippen MR) is 121 cm³/mol. The highest BCUT2D eigenvalue weighted by Crippen LogP contribution is 2.28. The number of likely N-dealkylation sites (N-methyl/N-ethyl adjacent to an activating group) is 1. The van der Waals surface area contributed by atoms with Crippen molar-refractivity contribution in [3.05, 3.63) is 59.3 Å². The lowest BCUT2D eigenvalue weighted by Crippen LogP contribution is -2.41. The molecule has 1 atom stereocenters. The predicted octanol–water partition coefficient (Wildman–Crippen LogP) is 4.73. The van der Waals surface area contributed by atoms with Gasteiger partial charge >= 0.3 is 18.2 Å². The zero-order chi connectivity index (χ0) is 27.6. The monoisotopic (exact) mass is 531 g/mol. The summed E-state index contributed by atoms with van der Waals surface area (Å²) in [5.41, 5.74) is -0.959. The lowest BCUT2D eigenvalue weighted by atomic mass is 10.1. The van der Waals surface area contributed by atoms with Crippen LogP contribution in [0.2, 0.25) is 0 Å². The molecule has 37 heavy (non-hydrogen) atoms. The minimum atomic E-state index is -4.58. The van der Waals surface area contributed by atoms with E-state index in [0.717, 1.165) is 18.2 Å². The van der Waals surface area contributed by atoms with Crippen molar-refractivity contribution in [2.45, 2.75) is 44.3 Å². The molecule has 0 aliphatic heterocycles. The molecule has 1 heterocycles. The second-order valence-electron chi connectivity index (χ2n) is 7.99. The normalized spacial score (nSPS) is 12.0. The van der Waals surface area contributed by atoms with Gasteiger partial charge in [-0.05, 0) is 43.0 Å². The summed E-state index contributed by atoms with van der Waals surface area (Å²) in [4.78, 5) is 41.1. The van der Waals surface area contributed by atoms with E-state index in [0.29, 0.717) is 12.6 Å². The number of pyridine rings is 1. The number of aryl methyl sites for hydroxylation is 1. The van der Waals surface area contributed by atoms with Crippen LogP contribution >= 0.6 is 0 Å². The van der Waals surface area contributed by atoms with E-state index in [-0.39, 0.29) is 43.7 Å². The molecule has 13 heteroatoms. The Morgan fingerprint density at radius 2 is 1.84 bits per heavy atom. The van der Waals surface area contributed by atoms with Gasteiger partial charge in [0, 0.05) is 26.1 Å². The topological polar surface area (TPSA) is 97.8 Å². The third kappa shape index (κ3) is 9.32. The number of alkyl halides is 3. The van der Waals surface area contributed by atoms with Gasteiger partial charge in [-0.25, -0.2) is 18.6 Å². The first kappa shape index (κ1) is 29.5. The highest BCUT2D eigenvalue weighted by Gasteiger charge is 2.30. The van der Waals surface area contributed by atoms with Crippen LogP contribution in [-0.2, 0) is 31.7 Å². The summed E-state index contributed by atoms with van der Waals surface area (Å²) in [6, 6.07) is 4.66. The molecule has 2 rings (SSSR count). The SMILES string of the molecule is COC(=O)CCC[C@@H](COC(=O)Nc1ccc(C(F)(F)F)cn1)N(C)C(=O)CCc1cccc(F)c1F. The van der Waals surface area contributed by atoms with Gasteiger partial charge in [-0.2, -0.15) is 13.2 Å².